The van der Waals surface area contributed by atoms with Crippen molar-refractivity contribution in [2.24, 2.45) is 5.92 Å². The Morgan fingerprint density at radius 1 is 1.33 bits per heavy atom. The molecule has 1 fully saturated rings. The van der Waals surface area contributed by atoms with E-state index >= 15 is 0 Å². The van der Waals surface area contributed by atoms with Gasteiger partial charge in [-0.15, -0.1) is 0 Å². The minimum Gasteiger partial charge on any atom is -0.481 e. The molecule has 0 radical (unpaired) electrons. The molecule has 1 aliphatic rings. The molecule has 2 N–H and O–H groups in total. The second kappa shape index (κ2) is 4.03. The summed E-state index contributed by atoms with van der Waals surface area (Å²) in [7, 11) is 0. The minimum atomic E-state index is -0.828. The van der Waals surface area contributed by atoms with E-state index in [-0.39, 0.29) is 12.5 Å². The van der Waals surface area contributed by atoms with Gasteiger partial charge in [0.1, 0.15) is 0 Å². The average molecular weight is 206 g/mol. The van der Waals surface area contributed by atoms with Crippen molar-refractivity contribution in [1.29, 1.82) is 0 Å². The van der Waals surface area contributed by atoms with Crippen LogP contribution in [0.2, 0.25) is 0 Å². The van der Waals surface area contributed by atoms with Gasteiger partial charge in [0.25, 0.3) is 0 Å². The molecule has 3 nitrogen and oxygen atoms in total. The first-order chi connectivity index (χ1) is 7.16. The van der Waals surface area contributed by atoms with Crippen molar-refractivity contribution in [1.82, 2.24) is 0 Å². The number of aliphatic carboxylic acids is 1. The van der Waals surface area contributed by atoms with Crippen LogP contribution in [0.25, 0.3) is 0 Å². The molecule has 0 aliphatic heterocycles. The summed E-state index contributed by atoms with van der Waals surface area (Å²) in [6.45, 7) is 0. The highest BCUT2D eigenvalue weighted by Crippen LogP contribution is 2.40. The van der Waals surface area contributed by atoms with Crippen LogP contribution in [0.15, 0.2) is 24.3 Å². The largest absolute Gasteiger partial charge is 0.481 e. The molecule has 1 aromatic carbocycles. The smallest absolute Gasteiger partial charge is 0.307 e. The van der Waals surface area contributed by atoms with Crippen LogP contribution in [0, 0.1) is 5.92 Å². The molecule has 0 saturated heterocycles. The molecule has 0 heterocycles. The third-order valence-corrected chi connectivity index (χ3v) is 2.75. The predicted octanol–water partition coefficient (Wildman–Crippen LogP) is 1.76. The van der Waals surface area contributed by atoms with E-state index in [2.05, 4.69) is 0 Å². The monoisotopic (exact) mass is 206 g/mol. The maximum absolute atomic E-state index is 10.5. The maximum Gasteiger partial charge on any atom is 0.307 e. The first-order valence-corrected chi connectivity index (χ1v) is 5.15. The van der Waals surface area contributed by atoms with Gasteiger partial charge in [0.2, 0.25) is 0 Å². The fourth-order valence-corrected chi connectivity index (χ4v) is 1.69. The number of aliphatic hydroxyl groups is 1. The molecule has 15 heavy (non-hydrogen) atoms. The Hall–Kier alpha value is -1.35. The highest BCUT2D eigenvalue weighted by Gasteiger charge is 2.30. The van der Waals surface area contributed by atoms with E-state index in [9.17, 15) is 9.90 Å². The van der Waals surface area contributed by atoms with E-state index in [1.807, 2.05) is 12.1 Å². The van der Waals surface area contributed by atoms with Gasteiger partial charge in [-0.25, -0.2) is 0 Å². The summed E-state index contributed by atoms with van der Waals surface area (Å²) in [5.41, 5.74) is 1.67. The molecule has 1 atom stereocenters. The third kappa shape index (κ3) is 2.57. The number of carboxylic acid groups (broad SMARTS) is 1. The first kappa shape index (κ1) is 10.2. The van der Waals surface area contributed by atoms with Crippen LogP contribution in [0.4, 0.5) is 0 Å². The van der Waals surface area contributed by atoms with Crippen molar-refractivity contribution in [3.05, 3.63) is 35.4 Å². The lowest BCUT2D eigenvalue weighted by atomic mass is 10.0. The van der Waals surface area contributed by atoms with Gasteiger partial charge in [-0.05, 0) is 29.9 Å². The van der Waals surface area contributed by atoms with Crippen molar-refractivity contribution in [3.63, 3.8) is 0 Å². The zero-order chi connectivity index (χ0) is 10.8. The molecule has 1 aromatic rings. The second-order valence-electron chi connectivity index (χ2n) is 4.09. The fourth-order valence-electron chi connectivity index (χ4n) is 1.69. The minimum absolute atomic E-state index is 0.0415. The molecular formula is C12H14O3. The van der Waals surface area contributed by atoms with Crippen LogP contribution in [0.5, 0.6) is 0 Å². The second-order valence-corrected chi connectivity index (χ2v) is 4.09. The van der Waals surface area contributed by atoms with E-state index in [0.717, 1.165) is 24.0 Å². The lowest BCUT2D eigenvalue weighted by Gasteiger charge is -2.09. The molecule has 0 amide bonds. The first-order valence-electron chi connectivity index (χ1n) is 5.15. The van der Waals surface area contributed by atoms with Gasteiger partial charge in [-0.1, -0.05) is 24.3 Å². The Balaban J connectivity index is 2.05. The normalized spacial score (nSPS) is 17.4. The summed E-state index contributed by atoms with van der Waals surface area (Å²) in [6, 6.07) is 7.19. The van der Waals surface area contributed by atoms with Crippen molar-refractivity contribution >= 4 is 5.97 Å². The molecule has 2 rings (SSSR count). The zero-order valence-electron chi connectivity index (χ0n) is 8.39. The van der Waals surface area contributed by atoms with Gasteiger partial charge in [0.05, 0.1) is 12.5 Å². The highest BCUT2D eigenvalue weighted by molar-refractivity contribution is 5.70. The van der Waals surface area contributed by atoms with Gasteiger partial charge in [-0.2, -0.15) is 0 Å². The number of benzene rings is 1. The Kier molecular flexibility index (Phi) is 2.73. The number of hydrogen-bond donors (Lipinski definition) is 2. The molecule has 0 spiro atoms. The van der Waals surface area contributed by atoms with E-state index in [1.54, 1.807) is 12.1 Å². The van der Waals surface area contributed by atoms with Gasteiger partial charge in [0.15, 0.2) is 0 Å². The molecule has 0 bridgehead atoms. The van der Waals surface area contributed by atoms with E-state index in [4.69, 9.17) is 5.11 Å². The molecule has 0 aromatic heterocycles. The molecule has 1 aliphatic carbocycles. The summed E-state index contributed by atoms with van der Waals surface area (Å²) in [4.78, 5) is 10.5. The molecule has 1 unspecified atom stereocenters. The lowest BCUT2D eigenvalue weighted by Crippen LogP contribution is -2.02. The van der Waals surface area contributed by atoms with Gasteiger partial charge < -0.3 is 10.2 Å². The summed E-state index contributed by atoms with van der Waals surface area (Å²) < 4.78 is 0. The van der Waals surface area contributed by atoms with Crippen LogP contribution in [-0.4, -0.2) is 16.2 Å². The summed E-state index contributed by atoms with van der Waals surface area (Å²) in [5.74, 6) is -0.416. The lowest BCUT2D eigenvalue weighted by molar-refractivity contribution is -0.136. The number of aliphatic hydroxyl groups excluding tert-OH is 1. The maximum atomic E-state index is 10.5. The van der Waals surface area contributed by atoms with Crippen LogP contribution in [-0.2, 0) is 11.2 Å². The molecular weight excluding hydrogens is 192 g/mol. The number of carboxylic acids is 1. The Bertz CT molecular complexity index is 352. The van der Waals surface area contributed by atoms with Gasteiger partial charge in [-0.3, -0.25) is 4.79 Å². The number of rotatable bonds is 4. The van der Waals surface area contributed by atoms with Crippen LogP contribution < -0.4 is 0 Å². The fraction of sp³-hybridized carbons (Fsp3) is 0.417. The Morgan fingerprint density at radius 3 is 2.40 bits per heavy atom. The van der Waals surface area contributed by atoms with Gasteiger partial charge >= 0.3 is 5.97 Å². The Morgan fingerprint density at radius 2 is 1.93 bits per heavy atom. The van der Waals surface area contributed by atoms with Crippen molar-refractivity contribution in [3.8, 4) is 0 Å². The van der Waals surface area contributed by atoms with Crippen molar-refractivity contribution < 1.29 is 15.0 Å². The molecule has 3 heteroatoms. The zero-order valence-corrected chi connectivity index (χ0v) is 8.39. The number of hydrogen-bond acceptors (Lipinski definition) is 2. The predicted molar refractivity (Wildman–Crippen MR) is 55.5 cm³/mol. The van der Waals surface area contributed by atoms with E-state index < -0.39 is 5.97 Å². The van der Waals surface area contributed by atoms with Crippen LogP contribution in [0.3, 0.4) is 0 Å². The van der Waals surface area contributed by atoms with E-state index in [0.29, 0.717) is 5.92 Å². The third-order valence-electron chi connectivity index (χ3n) is 2.75. The van der Waals surface area contributed by atoms with Crippen LogP contribution in [0.1, 0.15) is 30.1 Å². The average Bonchev–Trinajstić information content (AvgIpc) is 3.00. The summed E-state index contributed by atoms with van der Waals surface area (Å²) >= 11 is 0. The van der Waals surface area contributed by atoms with Crippen LogP contribution >= 0.6 is 0 Å². The highest BCUT2D eigenvalue weighted by atomic mass is 16.4. The van der Waals surface area contributed by atoms with E-state index in [1.165, 1.54) is 0 Å². The molecule has 1 saturated carbocycles. The number of carbonyl (C=O) groups is 1. The van der Waals surface area contributed by atoms with Crippen molar-refractivity contribution in [2.45, 2.75) is 25.4 Å². The topological polar surface area (TPSA) is 57.5 Å². The quantitative estimate of drug-likeness (QED) is 0.789. The standard InChI is InChI=1S/C12H14O3/c13-11(14)7-8-1-3-9(4-2-8)12(15)10-5-6-10/h1-4,10,12,15H,5-7H2,(H,13,14). The van der Waals surface area contributed by atoms with Crippen molar-refractivity contribution in [2.75, 3.05) is 0 Å². The molecule has 80 valence electrons. The van der Waals surface area contributed by atoms with Gasteiger partial charge in [0, 0.05) is 0 Å². The Labute approximate surface area is 88.4 Å². The summed E-state index contributed by atoms with van der Waals surface area (Å²) in [5, 5.41) is 18.4. The SMILES string of the molecule is O=C(O)Cc1ccc(C(O)C2CC2)cc1. The summed E-state index contributed by atoms with van der Waals surface area (Å²) in [6.07, 6.45) is 1.86.